The third-order valence-electron chi connectivity index (χ3n) is 8.43. The van der Waals surface area contributed by atoms with E-state index in [2.05, 4.69) is 53.0 Å². The second kappa shape index (κ2) is 12.7. The minimum absolute atomic E-state index is 0. The summed E-state index contributed by atoms with van der Waals surface area (Å²) in [5.74, 6) is 0.492. The average molecular weight is 782 g/mol. The molecule has 0 spiro atoms. The molecule has 5 nitrogen and oxygen atoms in total. The van der Waals surface area contributed by atoms with Crippen molar-refractivity contribution in [1.82, 2.24) is 19.3 Å². The van der Waals surface area contributed by atoms with Crippen LogP contribution in [0.25, 0.3) is 33.3 Å². The van der Waals surface area contributed by atoms with Crippen molar-refractivity contribution in [3.63, 3.8) is 0 Å². The molecule has 1 aliphatic rings. The van der Waals surface area contributed by atoms with E-state index in [-0.39, 0.29) is 21.1 Å². The molecule has 1 unspecified atom stereocenters. The molecular formula is C37H32F2N4OPt. The van der Waals surface area contributed by atoms with Gasteiger partial charge in [-0.3, -0.25) is 4.68 Å². The van der Waals surface area contributed by atoms with Gasteiger partial charge in [0.15, 0.2) is 0 Å². The van der Waals surface area contributed by atoms with Gasteiger partial charge < -0.3 is 9.30 Å². The monoisotopic (exact) mass is 781 g/mol. The first-order valence-electron chi connectivity index (χ1n) is 15.1. The van der Waals surface area contributed by atoms with Crippen molar-refractivity contribution < 1.29 is 34.6 Å². The SMILES string of the molecule is CCCc1ccnc(-n2c3[c-]c(Oc4[c-]c(-n5nc(C)c(C6C(F)=CCC[C@@H]6F)c5C)ccc4)ccc3c3ccccc32)c1.[Pt+2]. The zero-order valence-electron chi connectivity index (χ0n) is 25.3. The Balaban J connectivity index is 0.00000357. The summed E-state index contributed by atoms with van der Waals surface area (Å²) in [5, 5.41) is 6.82. The normalized spacial score (nSPS) is 16.5. The Morgan fingerprint density at radius 1 is 0.978 bits per heavy atom. The second-order valence-corrected chi connectivity index (χ2v) is 11.4. The molecule has 45 heavy (non-hydrogen) atoms. The molecule has 0 bridgehead atoms. The molecule has 0 aliphatic heterocycles. The molecule has 1 aliphatic carbocycles. The van der Waals surface area contributed by atoms with Gasteiger partial charge in [-0.05, 0) is 67.9 Å². The van der Waals surface area contributed by atoms with Gasteiger partial charge in [-0.25, -0.2) is 13.8 Å². The van der Waals surface area contributed by atoms with Gasteiger partial charge in [0.1, 0.15) is 17.8 Å². The average Bonchev–Trinajstić information content (AvgIpc) is 3.50. The summed E-state index contributed by atoms with van der Waals surface area (Å²) in [6.07, 6.45) is 4.82. The van der Waals surface area contributed by atoms with Crippen LogP contribution in [0, 0.1) is 26.0 Å². The number of benzene rings is 3. The Labute approximate surface area is 275 Å². The first kappa shape index (κ1) is 30.9. The van der Waals surface area contributed by atoms with E-state index >= 15 is 0 Å². The maximum absolute atomic E-state index is 14.9. The zero-order chi connectivity index (χ0) is 30.4. The number of pyridine rings is 1. The molecule has 0 saturated heterocycles. The fraction of sp³-hybridized carbons (Fsp3) is 0.243. The topological polar surface area (TPSA) is 44.9 Å². The largest absolute Gasteiger partial charge is 2.00 e. The molecule has 0 amide bonds. The van der Waals surface area contributed by atoms with E-state index < -0.39 is 17.9 Å². The molecule has 0 fully saturated rings. The molecule has 8 heteroatoms. The van der Waals surface area contributed by atoms with Crippen LogP contribution in [0.3, 0.4) is 0 Å². The molecule has 3 aromatic heterocycles. The fourth-order valence-corrected chi connectivity index (χ4v) is 6.44. The van der Waals surface area contributed by atoms with E-state index in [4.69, 9.17) is 9.72 Å². The van der Waals surface area contributed by atoms with E-state index in [1.54, 1.807) is 11.6 Å². The summed E-state index contributed by atoms with van der Waals surface area (Å²) in [4.78, 5) is 4.72. The number of para-hydroxylation sites is 1. The number of aromatic nitrogens is 4. The van der Waals surface area contributed by atoms with Crippen LogP contribution in [0.5, 0.6) is 11.5 Å². The predicted molar refractivity (Wildman–Crippen MR) is 169 cm³/mol. The van der Waals surface area contributed by atoms with Gasteiger partial charge >= 0.3 is 21.1 Å². The number of alkyl halides is 1. The maximum Gasteiger partial charge on any atom is 2.00 e. The van der Waals surface area contributed by atoms with Crippen molar-refractivity contribution in [2.45, 2.75) is 58.5 Å². The van der Waals surface area contributed by atoms with E-state index in [0.29, 0.717) is 47.0 Å². The molecule has 2 atom stereocenters. The zero-order valence-corrected chi connectivity index (χ0v) is 27.5. The molecule has 3 aromatic carbocycles. The summed E-state index contributed by atoms with van der Waals surface area (Å²) < 4.78 is 39.8. The molecule has 230 valence electrons. The molecule has 0 radical (unpaired) electrons. The van der Waals surface area contributed by atoms with Gasteiger partial charge in [0.2, 0.25) is 0 Å². The van der Waals surface area contributed by atoms with Gasteiger partial charge in [0.05, 0.1) is 11.6 Å². The van der Waals surface area contributed by atoms with Crippen LogP contribution in [0.4, 0.5) is 8.78 Å². The first-order chi connectivity index (χ1) is 21.4. The molecule has 0 N–H and O–H groups in total. The molecule has 0 saturated carbocycles. The number of ether oxygens (including phenoxy) is 1. The van der Waals surface area contributed by atoms with Gasteiger partial charge in [-0.2, -0.15) is 17.2 Å². The summed E-state index contributed by atoms with van der Waals surface area (Å²) in [7, 11) is 0. The van der Waals surface area contributed by atoms with Crippen molar-refractivity contribution in [1.29, 1.82) is 0 Å². The number of halogens is 2. The summed E-state index contributed by atoms with van der Waals surface area (Å²) in [6.45, 7) is 5.81. The van der Waals surface area contributed by atoms with Crippen LogP contribution in [0.1, 0.15) is 54.6 Å². The van der Waals surface area contributed by atoms with Crippen molar-refractivity contribution in [2.75, 3.05) is 0 Å². The van der Waals surface area contributed by atoms with Crippen LogP contribution < -0.4 is 4.74 Å². The van der Waals surface area contributed by atoms with E-state index in [9.17, 15) is 8.78 Å². The van der Waals surface area contributed by atoms with Crippen LogP contribution in [0.2, 0.25) is 0 Å². The Bertz CT molecular complexity index is 2050. The van der Waals surface area contributed by atoms with Gasteiger partial charge in [0.25, 0.3) is 0 Å². The van der Waals surface area contributed by atoms with Gasteiger partial charge in [0, 0.05) is 34.5 Å². The van der Waals surface area contributed by atoms with Crippen LogP contribution in [-0.2, 0) is 27.5 Å². The molecular weight excluding hydrogens is 750 g/mol. The number of hydrogen-bond donors (Lipinski definition) is 0. The maximum atomic E-state index is 14.9. The fourth-order valence-electron chi connectivity index (χ4n) is 6.44. The third kappa shape index (κ3) is 5.63. The number of nitrogens with zero attached hydrogens (tertiary/aromatic N) is 4. The number of hydrogen-bond acceptors (Lipinski definition) is 3. The number of fused-ring (bicyclic) bond motifs is 3. The Morgan fingerprint density at radius 2 is 1.80 bits per heavy atom. The van der Waals surface area contributed by atoms with Crippen LogP contribution >= 0.6 is 0 Å². The first-order valence-corrected chi connectivity index (χ1v) is 15.1. The number of aryl methyl sites for hydroxylation is 2. The second-order valence-electron chi connectivity index (χ2n) is 11.4. The summed E-state index contributed by atoms with van der Waals surface area (Å²) >= 11 is 0. The van der Waals surface area contributed by atoms with Crippen molar-refractivity contribution >= 4 is 21.8 Å². The third-order valence-corrected chi connectivity index (χ3v) is 8.43. The Hall–Kier alpha value is -4.09. The van der Waals surface area contributed by atoms with Crippen molar-refractivity contribution in [3.05, 3.63) is 119 Å². The van der Waals surface area contributed by atoms with Crippen LogP contribution in [0.15, 0.2) is 84.8 Å². The number of allylic oxidation sites excluding steroid dienone is 2. The summed E-state index contributed by atoms with van der Waals surface area (Å²) in [5.41, 5.74) is 5.65. The van der Waals surface area contributed by atoms with E-state index in [1.807, 2.05) is 55.6 Å². The van der Waals surface area contributed by atoms with Gasteiger partial charge in [-0.1, -0.05) is 43.1 Å². The van der Waals surface area contributed by atoms with Gasteiger partial charge in [-0.15, -0.1) is 35.7 Å². The minimum atomic E-state index is -1.28. The smallest absolute Gasteiger partial charge is 0.509 e. The number of rotatable bonds is 7. The molecule has 3 heterocycles. The summed E-state index contributed by atoms with van der Waals surface area (Å²) in [6, 6.07) is 28.7. The van der Waals surface area contributed by atoms with Crippen molar-refractivity contribution in [2.24, 2.45) is 0 Å². The quantitative estimate of drug-likeness (QED) is 0.152. The van der Waals surface area contributed by atoms with E-state index in [0.717, 1.165) is 40.5 Å². The predicted octanol–water partition coefficient (Wildman–Crippen LogP) is 9.39. The van der Waals surface area contributed by atoms with Crippen molar-refractivity contribution in [3.8, 4) is 23.0 Å². The standard InChI is InChI=1S/C37H32F2N4O.Pt/c1-4-9-25-18-19-40-35(20-25)42-33-15-6-5-12-29(33)30-17-16-28(22-34(30)42)44-27-11-7-10-26(21-27)43-24(3)36(23(2)41-43)37-31(38)13-8-14-32(37)39;/h5-7,10-13,15-20,32,37H,4,8-9,14H2,1-3H3;/q-2;+2/t32-,37?;/m0./s1. The van der Waals surface area contributed by atoms with E-state index in [1.165, 1.54) is 11.6 Å². The molecule has 7 rings (SSSR count). The Kier molecular flexibility index (Phi) is 8.74. The Morgan fingerprint density at radius 3 is 2.62 bits per heavy atom. The minimum Gasteiger partial charge on any atom is -0.509 e. The van der Waals surface area contributed by atoms with Crippen LogP contribution in [-0.4, -0.2) is 25.5 Å². The molecule has 6 aromatic rings.